The molecule has 0 aliphatic heterocycles. The molecular formula is C17H13ClN2O4. The summed E-state index contributed by atoms with van der Waals surface area (Å²) in [5.41, 5.74) is 1.68. The number of halogens is 1. The van der Waals surface area contributed by atoms with Gasteiger partial charge >= 0.3 is 0 Å². The molecule has 0 fully saturated rings. The Morgan fingerprint density at radius 2 is 1.71 bits per heavy atom. The first kappa shape index (κ1) is 17.4. The first-order valence-electron chi connectivity index (χ1n) is 6.92. The number of amides is 1. The van der Waals surface area contributed by atoms with Crippen molar-refractivity contribution in [1.29, 1.82) is 0 Å². The molecule has 6 nitrogen and oxygen atoms in total. The van der Waals surface area contributed by atoms with Gasteiger partial charge < -0.3 is 5.32 Å². The monoisotopic (exact) mass is 344 g/mol. The van der Waals surface area contributed by atoms with Gasteiger partial charge in [0.05, 0.1) is 4.92 Å². The molecule has 0 saturated heterocycles. The molecular weight excluding hydrogens is 332 g/mol. The maximum absolute atomic E-state index is 12.1. The second kappa shape index (κ2) is 8.03. The molecule has 1 amide bonds. The van der Waals surface area contributed by atoms with Crippen LogP contribution in [-0.2, 0) is 4.79 Å². The number of ketones is 1. The third-order valence-corrected chi connectivity index (χ3v) is 3.35. The zero-order chi connectivity index (χ0) is 17.5. The Morgan fingerprint density at radius 1 is 1.08 bits per heavy atom. The minimum atomic E-state index is -0.483. The Hall–Kier alpha value is -2.99. The molecule has 0 aromatic heterocycles. The summed E-state index contributed by atoms with van der Waals surface area (Å²) in [6.45, 7) is 0. The maximum Gasteiger partial charge on any atom is 0.269 e. The first-order chi connectivity index (χ1) is 11.5. The van der Waals surface area contributed by atoms with Crippen molar-refractivity contribution in [1.82, 2.24) is 0 Å². The number of nitro benzene ring substituents is 1. The highest BCUT2D eigenvalue weighted by Gasteiger charge is 2.05. The lowest BCUT2D eigenvalue weighted by Gasteiger charge is -2.03. The molecule has 0 spiro atoms. The Kier molecular flexibility index (Phi) is 5.81. The van der Waals surface area contributed by atoms with E-state index in [2.05, 4.69) is 5.32 Å². The molecule has 0 bridgehead atoms. The van der Waals surface area contributed by atoms with Gasteiger partial charge in [0.2, 0.25) is 5.91 Å². The van der Waals surface area contributed by atoms with Crippen molar-refractivity contribution in [3.8, 4) is 0 Å². The molecule has 0 aliphatic rings. The number of hydrogen-bond donors (Lipinski definition) is 1. The van der Waals surface area contributed by atoms with Crippen LogP contribution in [0.3, 0.4) is 0 Å². The standard InChI is InChI=1S/C17H13ClN2O4/c18-11-17(22)19-14-6-4-13(5-7-14)16(21)10-3-12-1-8-15(9-2-12)20(23)24/h1-10H,11H2,(H,19,22)/b10-3+. The number of rotatable bonds is 6. The summed E-state index contributed by atoms with van der Waals surface area (Å²) in [7, 11) is 0. The van der Waals surface area contributed by atoms with Crippen LogP contribution in [0.5, 0.6) is 0 Å². The second-order valence-electron chi connectivity index (χ2n) is 4.81. The molecule has 0 radical (unpaired) electrons. The number of alkyl halides is 1. The van der Waals surface area contributed by atoms with Crippen LogP contribution in [0.2, 0.25) is 0 Å². The summed E-state index contributed by atoms with van der Waals surface area (Å²) in [4.78, 5) is 33.3. The third kappa shape index (κ3) is 4.76. The van der Waals surface area contributed by atoms with E-state index in [-0.39, 0.29) is 23.3 Å². The van der Waals surface area contributed by atoms with E-state index < -0.39 is 4.92 Å². The van der Waals surface area contributed by atoms with Gasteiger partial charge in [-0.1, -0.05) is 6.08 Å². The number of benzene rings is 2. The highest BCUT2D eigenvalue weighted by molar-refractivity contribution is 6.29. The molecule has 24 heavy (non-hydrogen) atoms. The lowest BCUT2D eigenvalue weighted by atomic mass is 10.1. The number of non-ortho nitro benzene ring substituents is 1. The smallest absolute Gasteiger partial charge is 0.269 e. The van der Waals surface area contributed by atoms with Crippen molar-refractivity contribution >= 4 is 40.7 Å². The maximum atomic E-state index is 12.1. The Bertz CT molecular complexity index is 783. The summed E-state index contributed by atoms with van der Waals surface area (Å²) in [5.74, 6) is -0.684. The largest absolute Gasteiger partial charge is 0.325 e. The van der Waals surface area contributed by atoms with Crippen LogP contribution in [0.25, 0.3) is 6.08 Å². The van der Waals surface area contributed by atoms with Crippen molar-refractivity contribution in [2.24, 2.45) is 0 Å². The highest BCUT2D eigenvalue weighted by atomic mass is 35.5. The number of anilines is 1. The second-order valence-corrected chi connectivity index (χ2v) is 5.07. The minimum absolute atomic E-state index is 0.00643. The molecule has 2 rings (SSSR count). The van der Waals surface area contributed by atoms with Gasteiger partial charge in [0.15, 0.2) is 5.78 Å². The van der Waals surface area contributed by atoms with E-state index in [0.29, 0.717) is 16.8 Å². The van der Waals surface area contributed by atoms with Crippen LogP contribution in [0.1, 0.15) is 15.9 Å². The first-order valence-corrected chi connectivity index (χ1v) is 7.46. The topological polar surface area (TPSA) is 89.3 Å². The molecule has 0 unspecified atom stereocenters. The minimum Gasteiger partial charge on any atom is -0.325 e. The fourth-order valence-electron chi connectivity index (χ4n) is 1.89. The van der Waals surface area contributed by atoms with Crippen molar-refractivity contribution in [3.05, 3.63) is 75.8 Å². The van der Waals surface area contributed by atoms with Crippen LogP contribution >= 0.6 is 11.6 Å². The van der Waals surface area contributed by atoms with E-state index >= 15 is 0 Å². The summed E-state index contributed by atoms with van der Waals surface area (Å²) < 4.78 is 0. The number of carbonyl (C=O) groups is 2. The van der Waals surface area contributed by atoms with Gasteiger partial charge in [0.1, 0.15) is 5.88 Å². The summed E-state index contributed by atoms with van der Waals surface area (Å²) >= 11 is 5.40. The van der Waals surface area contributed by atoms with E-state index in [0.717, 1.165) is 0 Å². The van der Waals surface area contributed by atoms with Crippen LogP contribution < -0.4 is 5.32 Å². The van der Waals surface area contributed by atoms with Gasteiger partial charge in [-0.05, 0) is 48.0 Å². The van der Waals surface area contributed by atoms with Gasteiger partial charge in [-0.3, -0.25) is 19.7 Å². The molecule has 1 N–H and O–H groups in total. The van der Waals surface area contributed by atoms with Crippen molar-refractivity contribution in [3.63, 3.8) is 0 Å². The van der Waals surface area contributed by atoms with Crippen LogP contribution in [0.15, 0.2) is 54.6 Å². The average molecular weight is 345 g/mol. The average Bonchev–Trinajstić information content (AvgIpc) is 2.60. The highest BCUT2D eigenvalue weighted by Crippen LogP contribution is 2.14. The SMILES string of the molecule is O=C(CCl)Nc1ccc(C(=O)/C=C/c2ccc([N+](=O)[O-])cc2)cc1. The number of hydrogen-bond acceptors (Lipinski definition) is 4. The van der Waals surface area contributed by atoms with Crippen molar-refractivity contribution < 1.29 is 14.5 Å². The Morgan fingerprint density at radius 3 is 2.25 bits per heavy atom. The van der Waals surface area contributed by atoms with E-state index in [1.54, 1.807) is 42.5 Å². The van der Waals surface area contributed by atoms with Gasteiger partial charge in [-0.15, -0.1) is 11.6 Å². The van der Waals surface area contributed by atoms with E-state index in [9.17, 15) is 19.7 Å². The van der Waals surface area contributed by atoms with Crippen molar-refractivity contribution in [2.45, 2.75) is 0 Å². The summed E-state index contributed by atoms with van der Waals surface area (Å²) in [6.07, 6.45) is 2.96. The van der Waals surface area contributed by atoms with Gasteiger partial charge in [0.25, 0.3) is 5.69 Å². The molecule has 0 saturated carbocycles. The Labute approximate surface area is 142 Å². The number of allylic oxidation sites excluding steroid dienone is 1. The fraction of sp³-hybridized carbons (Fsp3) is 0.0588. The van der Waals surface area contributed by atoms with Crippen LogP contribution in [-0.4, -0.2) is 22.5 Å². The van der Waals surface area contributed by atoms with E-state index in [1.807, 2.05) is 0 Å². The van der Waals surface area contributed by atoms with Gasteiger partial charge in [-0.2, -0.15) is 0 Å². The number of nitrogens with one attached hydrogen (secondary N) is 1. The molecule has 7 heteroatoms. The van der Waals surface area contributed by atoms with Crippen molar-refractivity contribution in [2.75, 3.05) is 11.2 Å². The van der Waals surface area contributed by atoms with E-state index in [1.165, 1.54) is 18.2 Å². The molecule has 2 aromatic rings. The molecule has 122 valence electrons. The molecule has 2 aromatic carbocycles. The number of carbonyl (C=O) groups excluding carboxylic acids is 2. The predicted molar refractivity (Wildman–Crippen MR) is 92.3 cm³/mol. The number of nitro groups is 1. The van der Waals surface area contributed by atoms with E-state index in [4.69, 9.17) is 11.6 Å². The molecule has 0 atom stereocenters. The van der Waals surface area contributed by atoms with Crippen LogP contribution in [0.4, 0.5) is 11.4 Å². The normalized spacial score (nSPS) is 10.5. The zero-order valence-corrected chi connectivity index (χ0v) is 13.2. The molecule has 0 aliphatic carbocycles. The quantitative estimate of drug-likeness (QED) is 0.284. The van der Waals surface area contributed by atoms with Gasteiger partial charge in [0, 0.05) is 23.4 Å². The lowest BCUT2D eigenvalue weighted by molar-refractivity contribution is -0.384. The lowest BCUT2D eigenvalue weighted by Crippen LogP contribution is -2.12. The number of nitrogens with zero attached hydrogens (tertiary/aromatic N) is 1. The molecule has 0 heterocycles. The van der Waals surface area contributed by atoms with Gasteiger partial charge in [-0.25, -0.2) is 0 Å². The summed E-state index contributed by atoms with van der Waals surface area (Å²) in [5, 5.41) is 13.2. The Balaban J connectivity index is 2.03. The van der Waals surface area contributed by atoms with Crippen LogP contribution in [0, 0.1) is 10.1 Å². The zero-order valence-electron chi connectivity index (χ0n) is 12.4. The summed E-state index contributed by atoms with van der Waals surface area (Å²) in [6, 6.07) is 12.3. The third-order valence-electron chi connectivity index (χ3n) is 3.11. The predicted octanol–water partition coefficient (Wildman–Crippen LogP) is 3.67. The fourth-order valence-corrected chi connectivity index (χ4v) is 1.95.